The lowest BCUT2D eigenvalue weighted by atomic mass is 10.0. The molecule has 0 amide bonds. The molecule has 1 N–H and O–H groups in total. The maximum absolute atomic E-state index is 12.3. The fourth-order valence-corrected chi connectivity index (χ4v) is 2.34. The molecule has 2 nitrogen and oxygen atoms in total. The van der Waals surface area contributed by atoms with Crippen molar-refractivity contribution in [3.63, 3.8) is 0 Å². The monoisotopic (exact) mass is 247 g/mol. The third-order valence-electron chi connectivity index (χ3n) is 3.22. The highest BCUT2D eigenvalue weighted by molar-refractivity contribution is 6.21. The average molecular weight is 247 g/mol. The molecule has 0 radical (unpaired) electrons. The van der Waals surface area contributed by atoms with Gasteiger partial charge in [-0.3, -0.25) is 4.79 Å². The smallest absolute Gasteiger partial charge is 0.194 e. The van der Waals surface area contributed by atoms with Gasteiger partial charge in [0.25, 0.3) is 0 Å². The zero-order valence-corrected chi connectivity index (χ0v) is 10.7. The Labute approximate surface area is 112 Å². The number of ketones is 1. The molecule has 3 rings (SSSR count). The molecule has 1 aliphatic rings. The molecule has 0 unspecified atom stereocenters. The second-order valence-corrected chi connectivity index (χ2v) is 4.47. The van der Waals surface area contributed by atoms with Crippen molar-refractivity contribution in [1.82, 2.24) is 5.32 Å². The zero-order chi connectivity index (χ0) is 13.2. The summed E-state index contributed by atoms with van der Waals surface area (Å²) in [5.74, 6) is 6.16. The van der Waals surface area contributed by atoms with Gasteiger partial charge in [-0.05, 0) is 30.3 Å². The van der Waals surface area contributed by atoms with E-state index >= 15 is 0 Å². The summed E-state index contributed by atoms with van der Waals surface area (Å²) >= 11 is 0. The summed E-state index contributed by atoms with van der Waals surface area (Å²) in [7, 11) is 1.86. The minimum atomic E-state index is 0.0999. The van der Waals surface area contributed by atoms with E-state index in [-0.39, 0.29) is 5.78 Å². The van der Waals surface area contributed by atoms with Gasteiger partial charge in [-0.2, -0.15) is 0 Å². The first-order chi connectivity index (χ1) is 9.31. The fourth-order valence-electron chi connectivity index (χ4n) is 2.34. The minimum Gasteiger partial charge on any atom is -0.309 e. The van der Waals surface area contributed by atoms with E-state index < -0.39 is 0 Å². The van der Waals surface area contributed by atoms with E-state index in [1.165, 1.54) is 0 Å². The van der Waals surface area contributed by atoms with Crippen LogP contribution in [0.1, 0.15) is 21.5 Å². The molecular formula is C17H13NO. The Hall–Kier alpha value is -2.37. The van der Waals surface area contributed by atoms with Crippen molar-refractivity contribution in [2.75, 3.05) is 13.6 Å². The van der Waals surface area contributed by atoms with Gasteiger partial charge in [0.15, 0.2) is 5.78 Å². The van der Waals surface area contributed by atoms with Crippen molar-refractivity contribution in [2.24, 2.45) is 0 Å². The Kier molecular flexibility index (Phi) is 2.91. The summed E-state index contributed by atoms with van der Waals surface area (Å²) in [4.78, 5) is 12.3. The number of rotatable bonds is 1. The number of fused-ring (bicyclic) bond motifs is 3. The van der Waals surface area contributed by atoms with E-state index in [9.17, 15) is 4.79 Å². The van der Waals surface area contributed by atoms with Crippen LogP contribution in [0.4, 0.5) is 0 Å². The Balaban J connectivity index is 2.06. The Bertz CT molecular complexity index is 720. The van der Waals surface area contributed by atoms with Gasteiger partial charge in [0.2, 0.25) is 0 Å². The molecule has 0 aromatic heterocycles. The lowest BCUT2D eigenvalue weighted by molar-refractivity contribution is 0.104. The first kappa shape index (κ1) is 11.7. The van der Waals surface area contributed by atoms with Crippen LogP contribution in [0, 0.1) is 11.8 Å². The van der Waals surface area contributed by atoms with Gasteiger partial charge in [0.05, 0.1) is 6.54 Å². The lowest BCUT2D eigenvalue weighted by Crippen LogP contribution is -2.04. The van der Waals surface area contributed by atoms with Crippen LogP contribution in [0.15, 0.2) is 42.5 Å². The van der Waals surface area contributed by atoms with Gasteiger partial charge in [0, 0.05) is 16.7 Å². The Morgan fingerprint density at radius 2 is 1.74 bits per heavy atom. The molecule has 0 aliphatic heterocycles. The van der Waals surface area contributed by atoms with E-state index in [2.05, 4.69) is 17.2 Å². The number of carbonyl (C=O) groups is 1. The van der Waals surface area contributed by atoms with Gasteiger partial charge in [-0.15, -0.1) is 0 Å². The SMILES string of the molecule is CNCC#Cc1ccc2c(c1)C(=O)c1ccccc1-2. The zero-order valence-electron chi connectivity index (χ0n) is 10.7. The number of carbonyl (C=O) groups excluding carboxylic acids is 1. The minimum absolute atomic E-state index is 0.0999. The molecule has 1 aliphatic carbocycles. The van der Waals surface area contributed by atoms with E-state index in [0.29, 0.717) is 6.54 Å². The van der Waals surface area contributed by atoms with Crippen molar-refractivity contribution < 1.29 is 4.79 Å². The third-order valence-corrected chi connectivity index (χ3v) is 3.22. The summed E-state index contributed by atoms with van der Waals surface area (Å²) in [5.41, 5.74) is 4.47. The molecule has 0 saturated heterocycles. The maximum atomic E-state index is 12.3. The van der Waals surface area contributed by atoms with Crippen LogP contribution in [-0.4, -0.2) is 19.4 Å². The van der Waals surface area contributed by atoms with Crippen molar-refractivity contribution in [1.29, 1.82) is 0 Å². The number of benzene rings is 2. The predicted octanol–water partition coefficient (Wildman–Crippen LogP) is 2.47. The Morgan fingerprint density at radius 1 is 1.00 bits per heavy atom. The van der Waals surface area contributed by atoms with Crippen molar-refractivity contribution >= 4 is 5.78 Å². The van der Waals surface area contributed by atoms with Crippen LogP contribution in [0.5, 0.6) is 0 Å². The third kappa shape index (κ3) is 1.95. The van der Waals surface area contributed by atoms with Gasteiger partial charge in [0.1, 0.15) is 0 Å². The van der Waals surface area contributed by atoms with E-state index in [4.69, 9.17) is 0 Å². The number of hydrogen-bond acceptors (Lipinski definition) is 2. The summed E-state index contributed by atoms with van der Waals surface area (Å²) in [6.07, 6.45) is 0. The van der Waals surface area contributed by atoms with Gasteiger partial charge < -0.3 is 5.32 Å². The molecule has 92 valence electrons. The summed E-state index contributed by atoms with van der Waals surface area (Å²) < 4.78 is 0. The quantitative estimate of drug-likeness (QED) is 0.669. The van der Waals surface area contributed by atoms with Gasteiger partial charge >= 0.3 is 0 Å². The lowest BCUT2D eigenvalue weighted by Gasteiger charge is -1.99. The molecule has 2 aromatic carbocycles. The molecule has 2 heteroatoms. The van der Waals surface area contributed by atoms with Crippen LogP contribution in [0.25, 0.3) is 11.1 Å². The molecule has 0 saturated carbocycles. The molecule has 0 heterocycles. The number of nitrogens with one attached hydrogen (secondary N) is 1. The second kappa shape index (κ2) is 4.72. The maximum Gasteiger partial charge on any atom is 0.194 e. The van der Waals surface area contributed by atoms with Gasteiger partial charge in [-0.25, -0.2) is 0 Å². The topological polar surface area (TPSA) is 29.1 Å². The largest absolute Gasteiger partial charge is 0.309 e. The molecule has 0 fully saturated rings. The highest BCUT2D eigenvalue weighted by Crippen LogP contribution is 2.36. The van der Waals surface area contributed by atoms with E-state index in [1.54, 1.807) is 0 Å². The molecule has 19 heavy (non-hydrogen) atoms. The van der Waals surface area contributed by atoms with Crippen molar-refractivity contribution in [3.8, 4) is 23.0 Å². The molecule has 0 atom stereocenters. The van der Waals surface area contributed by atoms with Crippen LogP contribution in [-0.2, 0) is 0 Å². The van der Waals surface area contributed by atoms with E-state index in [0.717, 1.165) is 27.8 Å². The van der Waals surface area contributed by atoms with Crippen LogP contribution >= 0.6 is 0 Å². The average Bonchev–Trinajstić information content (AvgIpc) is 2.73. The highest BCUT2D eigenvalue weighted by Gasteiger charge is 2.25. The van der Waals surface area contributed by atoms with E-state index in [1.807, 2.05) is 49.5 Å². The summed E-state index contributed by atoms with van der Waals surface area (Å²) in [5, 5.41) is 2.97. The normalized spacial score (nSPS) is 11.5. The van der Waals surface area contributed by atoms with Crippen LogP contribution in [0.2, 0.25) is 0 Å². The molecule has 0 spiro atoms. The van der Waals surface area contributed by atoms with Crippen LogP contribution < -0.4 is 5.32 Å². The van der Waals surface area contributed by atoms with Crippen LogP contribution in [0.3, 0.4) is 0 Å². The predicted molar refractivity (Wildman–Crippen MR) is 76.1 cm³/mol. The van der Waals surface area contributed by atoms with Crippen molar-refractivity contribution in [3.05, 3.63) is 59.2 Å². The fraction of sp³-hybridized carbons (Fsp3) is 0.118. The second-order valence-electron chi connectivity index (χ2n) is 4.47. The molecule has 0 bridgehead atoms. The summed E-state index contributed by atoms with van der Waals surface area (Å²) in [6, 6.07) is 13.6. The summed E-state index contributed by atoms with van der Waals surface area (Å²) in [6.45, 7) is 0.644. The standard InChI is InChI=1S/C17H13NO/c1-18-10-4-5-12-8-9-14-13-6-2-3-7-15(13)17(19)16(14)11-12/h2-3,6-9,11,18H,10H2,1H3. The van der Waals surface area contributed by atoms with Crippen molar-refractivity contribution in [2.45, 2.75) is 0 Å². The highest BCUT2D eigenvalue weighted by atomic mass is 16.1. The van der Waals surface area contributed by atoms with Gasteiger partial charge in [-0.1, -0.05) is 42.2 Å². The molecule has 2 aromatic rings. The first-order valence-electron chi connectivity index (χ1n) is 6.23. The molecular weight excluding hydrogens is 234 g/mol. The number of hydrogen-bond donors (Lipinski definition) is 1. The first-order valence-corrected chi connectivity index (χ1v) is 6.23. The Morgan fingerprint density at radius 3 is 2.53 bits per heavy atom.